The van der Waals surface area contributed by atoms with Gasteiger partial charge in [-0.15, -0.1) is 0 Å². The van der Waals surface area contributed by atoms with Gasteiger partial charge >= 0.3 is 0 Å². The van der Waals surface area contributed by atoms with Gasteiger partial charge in [-0.1, -0.05) is 66.7 Å². The van der Waals surface area contributed by atoms with Crippen LogP contribution in [0.25, 0.3) is 0 Å². The Morgan fingerprint density at radius 2 is 1.44 bits per heavy atom. The molecule has 2 aromatic carbocycles. The number of allylic oxidation sites excluding steroid dienone is 2. The minimum absolute atomic E-state index is 0.0483. The summed E-state index contributed by atoms with van der Waals surface area (Å²) in [5.41, 5.74) is 2.26. The van der Waals surface area contributed by atoms with E-state index in [1.165, 1.54) is 0 Å². The van der Waals surface area contributed by atoms with Crippen LogP contribution in [-0.4, -0.2) is 18.0 Å². The molecule has 25 heavy (non-hydrogen) atoms. The van der Waals surface area contributed by atoms with E-state index in [9.17, 15) is 4.79 Å². The van der Waals surface area contributed by atoms with Gasteiger partial charge in [0, 0.05) is 0 Å². The first-order valence-electron chi connectivity index (χ1n) is 8.84. The number of carbonyl (C=O) groups is 1. The smallest absolute Gasteiger partial charge is 0.161 e. The first-order valence-corrected chi connectivity index (χ1v) is 8.84. The van der Waals surface area contributed by atoms with Crippen LogP contribution in [0.1, 0.15) is 17.5 Å². The molecule has 2 aliphatic rings. The van der Waals surface area contributed by atoms with Crippen molar-refractivity contribution in [3.8, 4) is 0 Å². The van der Waals surface area contributed by atoms with Gasteiger partial charge in [0.15, 0.2) is 5.78 Å². The van der Waals surface area contributed by atoms with Crippen molar-refractivity contribution in [3.63, 3.8) is 0 Å². The number of fused-ring (bicyclic) bond motifs is 1. The number of ether oxygens (including phenoxy) is 2. The van der Waals surface area contributed by atoms with Crippen LogP contribution in [0.3, 0.4) is 0 Å². The second-order valence-electron chi connectivity index (χ2n) is 6.78. The number of hydrogen-bond donors (Lipinski definition) is 0. The molecule has 2 aromatic rings. The molecule has 128 valence electrons. The maximum absolute atomic E-state index is 12.3. The number of ketones is 1. The predicted molar refractivity (Wildman–Crippen MR) is 95.8 cm³/mol. The van der Waals surface area contributed by atoms with Gasteiger partial charge in [-0.3, -0.25) is 4.79 Å². The topological polar surface area (TPSA) is 35.5 Å². The SMILES string of the molecule is O=C1C=C[C@@H]2C[C@@H](OCc3ccccc3)[C@@H](OCc3ccccc3)[C@H]12. The van der Waals surface area contributed by atoms with E-state index in [-0.39, 0.29) is 29.8 Å². The van der Waals surface area contributed by atoms with Crippen LogP contribution in [0.4, 0.5) is 0 Å². The third-order valence-electron chi connectivity index (χ3n) is 5.11. The van der Waals surface area contributed by atoms with Crippen molar-refractivity contribution in [2.24, 2.45) is 11.8 Å². The molecule has 0 saturated heterocycles. The Labute approximate surface area is 148 Å². The molecule has 2 aliphatic carbocycles. The number of carbonyl (C=O) groups excluding carboxylic acids is 1. The second-order valence-corrected chi connectivity index (χ2v) is 6.78. The van der Waals surface area contributed by atoms with Crippen molar-refractivity contribution in [3.05, 3.63) is 83.9 Å². The van der Waals surface area contributed by atoms with Gasteiger partial charge in [-0.05, 0) is 29.5 Å². The number of rotatable bonds is 6. The zero-order valence-electron chi connectivity index (χ0n) is 14.1. The molecule has 0 unspecified atom stereocenters. The molecule has 1 fully saturated rings. The summed E-state index contributed by atoms with van der Waals surface area (Å²) in [7, 11) is 0. The normalized spacial score (nSPS) is 27.6. The third kappa shape index (κ3) is 3.58. The van der Waals surface area contributed by atoms with Crippen LogP contribution in [0.2, 0.25) is 0 Å². The van der Waals surface area contributed by atoms with Gasteiger partial charge in [0.25, 0.3) is 0 Å². The van der Waals surface area contributed by atoms with Crippen molar-refractivity contribution in [1.82, 2.24) is 0 Å². The molecule has 3 nitrogen and oxygen atoms in total. The lowest BCUT2D eigenvalue weighted by molar-refractivity contribution is -0.128. The molecule has 0 aliphatic heterocycles. The Morgan fingerprint density at radius 1 is 0.840 bits per heavy atom. The van der Waals surface area contributed by atoms with E-state index in [0.29, 0.717) is 13.2 Å². The Kier molecular flexibility index (Phi) is 4.77. The lowest BCUT2D eigenvalue weighted by Gasteiger charge is -2.24. The summed E-state index contributed by atoms with van der Waals surface area (Å²) in [4.78, 5) is 12.3. The average Bonchev–Trinajstić information content (AvgIpc) is 3.19. The molecule has 1 saturated carbocycles. The van der Waals surface area contributed by atoms with Crippen molar-refractivity contribution in [2.75, 3.05) is 0 Å². The molecule has 0 heterocycles. The predicted octanol–water partition coefficient (Wildman–Crippen LogP) is 3.93. The highest BCUT2D eigenvalue weighted by Gasteiger charge is 2.49. The molecule has 0 radical (unpaired) electrons. The molecular formula is C22H22O3. The Bertz CT molecular complexity index is 738. The van der Waals surface area contributed by atoms with Crippen molar-refractivity contribution in [1.29, 1.82) is 0 Å². The monoisotopic (exact) mass is 334 g/mol. The maximum Gasteiger partial charge on any atom is 0.161 e. The molecule has 4 rings (SSSR count). The van der Waals surface area contributed by atoms with E-state index in [1.54, 1.807) is 6.08 Å². The number of benzene rings is 2. The third-order valence-corrected chi connectivity index (χ3v) is 5.11. The van der Waals surface area contributed by atoms with Gasteiger partial charge in [-0.2, -0.15) is 0 Å². The molecular weight excluding hydrogens is 312 g/mol. The largest absolute Gasteiger partial charge is 0.371 e. The van der Waals surface area contributed by atoms with Crippen molar-refractivity contribution in [2.45, 2.75) is 31.8 Å². The van der Waals surface area contributed by atoms with Gasteiger partial charge in [0.2, 0.25) is 0 Å². The molecule has 0 amide bonds. The highest BCUT2D eigenvalue weighted by atomic mass is 16.5. The van der Waals surface area contributed by atoms with Crippen LogP contribution in [0.5, 0.6) is 0 Å². The fourth-order valence-electron chi connectivity index (χ4n) is 3.84. The highest BCUT2D eigenvalue weighted by molar-refractivity contribution is 5.95. The number of hydrogen-bond acceptors (Lipinski definition) is 3. The summed E-state index contributed by atoms with van der Waals surface area (Å²) in [6.07, 6.45) is 4.35. The maximum atomic E-state index is 12.3. The van der Waals surface area contributed by atoms with E-state index in [4.69, 9.17) is 9.47 Å². The molecule has 0 bridgehead atoms. The summed E-state index contributed by atoms with van der Waals surface area (Å²) in [6, 6.07) is 20.2. The lowest BCUT2D eigenvalue weighted by atomic mass is 9.97. The fraction of sp³-hybridized carbons (Fsp3) is 0.318. The van der Waals surface area contributed by atoms with Crippen LogP contribution >= 0.6 is 0 Å². The average molecular weight is 334 g/mol. The molecule has 4 atom stereocenters. The first-order chi connectivity index (χ1) is 12.3. The van der Waals surface area contributed by atoms with Crippen molar-refractivity contribution < 1.29 is 14.3 Å². The van der Waals surface area contributed by atoms with E-state index in [2.05, 4.69) is 12.1 Å². The molecule has 0 aromatic heterocycles. The Balaban J connectivity index is 1.44. The van der Waals surface area contributed by atoms with Crippen LogP contribution in [0, 0.1) is 11.8 Å². The van der Waals surface area contributed by atoms with Crippen LogP contribution < -0.4 is 0 Å². The fourth-order valence-corrected chi connectivity index (χ4v) is 3.84. The zero-order valence-corrected chi connectivity index (χ0v) is 14.1. The Hall–Kier alpha value is -2.23. The van der Waals surface area contributed by atoms with E-state index in [1.807, 2.05) is 54.6 Å². The van der Waals surface area contributed by atoms with Gasteiger partial charge in [0.05, 0.1) is 31.3 Å². The minimum Gasteiger partial charge on any atom is -0.371 e. The van der Waals surface area contributed by atoms with E-state index in [0.717, 1.165) is 17.5 Å². The quantitative estimate of drug-likeness (QED) is 0.803. The minimum atomic E-state index is -0.184. The highest BCUT2D eigenvalue weighted by Crippen LogP contribution is 2.41. The summed E-state index contributed by atoms with van der Waals surface area (Å²) in [6.45, 7) is 1.06. The summed E-state index contributed by atoms with van der Waals surface area (Å²) in [5.74, 6) is 0.326. The van der Waals surface area contributed by atoms with Gasteiger partial charge in [-0.25, -0.2) is 0 Å². The lowest BCUT2D eigenvalue weighted by Crippen LogP contribution is -2.34. The first kappa shape index (κ1) is 16.2. The summed E-state index contributed by atoms with van der Waals surface area (Å²) in [5, 5.41) is 0. The Morgan fingerprint density at radius 3 is 2.08 bits per heavy atom. The molecule has 0 N–H and O–H groups in total. The van der Waals surface area contributed by atoms with Crippen LogP contribution in [0.15, 0.2) is 72.8 Å². The van der Waals surface area contributed by atoms with Crippen LogP contribution in [-0.2, 0) is 27.5 Å². The second kappa shape index (κ2) is 7.34. The van der Waals surface area contributed by atoms with Gasteiger partial charge in [0.1, 0.15) is 0 Å². The zero-order chi connectivity index (χ0) is 17.1. The molecule has 0 spiro atoms. The van der Waals surface area contributed by atoms with E-state index < -0.39 is 0 Å². The summed E-state index contributed by atoms with van der Waals surface area (Å²) >= 11 is 0. The molecule has 3 heteroatoms. The summed E-state index contributed by atoms with van der Waals surface area (Å²) < 4.78 is 12.4. The van der Waals surface area contributed by atoms with Crippen molar-refractivity contribution >= 4 is 5.78 Å². The standard InChI is InChI=1S/C22H22O3/c23-19-12-11-18-13-20(24-14-16-7-3-1-4-8-16)22(21(18)19)25-15-17-9-5-2-6-10-17/h1-12,18,20-22H,13-15H2/t18-,20-,21+,22-/m1/s1. The van der Waals surface area contributed by atoms with Gasteiger partial charge < -0.3 is 9.47 Å². The van der Waals surface area contributed by atoms with E-state index >= 15 is 0 Å².